The molecule has 1 rings (SSSR count). The predicted molar refractivity (Wildman–Crippen MR) is 67.5 cm³/mol. The quantitative estimate of drug-likeness (QED) is 0.374. The molecule has 0 saturated carbocycles. The molecular formula is C9H9Cl2N5O. The highest BCUT2D eigenvalue weighted by atomic mass is 35.5. The summed E-state index contributed by atoms with van der Waals surface area (Å²) in [5.41, 5.74) is 8.52. The van der Waals surface area contributed by atoms with Crippen molar-refractivity contribution in [2.45, 2.75) is 0 Å². The van der Waals surface area contributed by atoms with E-state index in [4.69, 9.17) is 28.7 Å². The number of carbonyl (C=O) groups excluding carboxylic acids is 1. The lowest BCUT2D eigenvalue weighted by Gasteiger charge is -2.07. The summed E-state index contributed by atoms with van der Waals surface area (Å²) >= 11 is 11.5. The predicted octanol–water partition coefficient (Wildman–Crippen LogP) is 3.43. The molecule has 0 aliphatic carbocycles. The monoisotopic (exact) mass is 273 g/mol. The van der Waals surface area contributed by atoms with E-state index in [0.29, 0.717) is 15.7 Å². The Bertz CT molecular complexity index is 438. The Morgan fingerprint density at radius 3 is 2.59 bits per heavy atom. The van der Waals surface area contributed by atoms with Crippen molar-refractivity contribution in [3.8, 4) is 0 Å². The summed E-state index contributed by atoms with van der Waals surface area (Å²) in [6.45, 7) is 0.449. The van der Waals surface area contributed by atoms with Crippen molar-refractivity contribution >= 4 is 34.9 Å². The third kappa shape index (κ3) is 5.31. The normalized spacial score (nSPS) is 9.29. The van der Waals surface area contributed by atoms with Gasteiger partial charge >= 0.3 is 6.03 Å². The highest BCUT2D eigenvalue weighted by Gasteiger charge is 2.02. The maximum Gasteiger partial charge on any atom is 0.319 e. The zero-order valence-electron chi connectivity index (χ0n) is 8.65. The number of azide groups is 1. The number of benzene rings is 1. The first-order valence-corrected chi connectivity index (χ1v) is 5.39. The summed E-state index contributed by atoms with van der Waals surface area (Å²) in [7, 11) is 0. The van der Waals surface area contributed by atoms with Crippen molar-refractivity contribution in [3.05, 3.63) is 38.7 Å². The fourth-order valence-electron chi connectivity index (χ4n) is 1.07. The van der Waals surface area contributed by atoms with E-state index < -0.39 is 6.03 Å². The molecule has 0 aliphatic heterocycles. The van der Waals surface area contributed by atoms with Gasteiger partial charge in [-0.25, -0.2) is 4.79 Å². The molecule has 0 fully saturated rings. The third-order valence-electron chi connectivity index (χ3n) is 1.68. The van der Waals surface area contributed by atoms with Crippen LogP contribution in [-0.2, 0) is 0 Å². The molecule has 0 atom stereocenters. The van der Waals surface area contributed by atoms with Crippen LogP contribution in [0.5, 0.6) is 0 Å². The van der Waals surface area contributed by atoms with E-state index in [2.05, 4.69) is 20.7 Å². The molecule has 0 saturated heterocycles. The molecule has 1 aromatic rings. The van der Waals surface area contributed by atoms with E-state index in [1.165, 1.54) is 0 Å². The number of anilines is 1. The molecule has 0 spiro atoms. The summed E-state index contributed by atoms with van der Waals surface area (Å²) in [6, 6.07) is 4.28. The van der Waals surface area contributed by atoms with Crippen LogP contribution in [0.15, 0.2) is 23.3 Å². The first kappa shape index (κ1) is 13.4. The smallest absolute Gasteiger partial charge is 0.319 e. The lowest BCUT2D eigenvalue weighted by molar-refractivity contribution is 0.252. The van der Waals surface area contributed by atoms with Crippen molar-refractivity contribution < 1.29 is 4.79 Å². The van der Waals surface area contributed by atoms with E-state index in [1.807, 2.05) is 0 Å². The first-order chi connectivity index (χ1) is 8.11. The van der Waals surface area contributed by atoms with E-state index in [-0.39, 0.29) is 13.1 Å². The summed E-state index contributed by atoms with van der Waals surface area (Å²) < 4.78 is 0. The zero-order valence-corrected chi connectivity index (χ0v) is 10.2. The summed E-state index contributed by atoms with van der Waals surface area (Å²) in [4.78, 5) is 13.9. The van der Waals surface area contributed by atoms with Gasteiger partial charge in [-0.2, -0.15) is 0 Å². The SMILES string of the molecule is [N-]=[N+]=NCCNC(=O)Nc1cc(Cl)cc(Cl)c1. The minimum absolute atomic E-state index is 0.195. The van der Waals surface area contributed by atoms with Crippen molar-refractivity contribution in [2.24, 2.45) is 5.11 Å². The molecule has 0 aromatic heterocycles. The van der Waals surface area contributed by atoms with E-state index in [9.17, 15) is 4.79 Å². The maximum atomic E-state index is 11.4. The lowest BCUT2D eigenvalue weighted by atomic mass is 10.3. The van der Waals surface area contributed by atoms with Gasteiger partial charge in [-0.05, 0) is 23.7 Å². The number of halogens is 2. The van der Waals surface area contributed by atoms with Crippen LogP contribution in [0.2, 0.25) is 10.0 Å². The summed E-state index contributed by atoms with van der Waals surface area (Å²) in [5.74, 6) is 0. The number of amides is 2. The lowest BCUT2D eigenvalue weighted by Crippen LogP contribution is -2.30. The largest absolute Gasteiger partial charge is 0.338 e. The molecule has 6 nitrogen and oxygen atoms in total. The highest BCUT2D eigenvalue weighted by molar-refractivity contribution is 6.35. The molecule has 17 heavy (non-hydrogen) atoms. The molecular weight excluding hydrogens is 265 g/mol. The van der Waals surface area contributed by atoms with Crippen molar-refractivity contribution in [1.29, 1.82) is 0 Å². The highest BCUT2D eigenvalue weighted by Crippen LogP contribution is 2.22. The second-order valence-electron chi connectivity index (χ2n) is 2.99. The number of rotatable bonds is 4. The molecule has 0 heterocycles. The van der Waals surface area contributed by atoms with Crippen LogP contribution < -0.4 is 10.6 Å². The zero-order chi connectivity index (χ0) is 12.7. The van der Waals surface area contributed by atoms with Gasteiger partial charge in [-0.15, -0.1) is 0 Å². The second kappa shape index (κ2) is 6.85. The standard InChI is InChI=1S/C9H9Cl2N5O/c10-6-3-7(11)5-8(4-6)15-9(17)13-1-2-14-16-12/h3-5H,1-2H2,(H2,13,15,17). The van der Waals surface area contributed by atoms with Gasteiger partial charge in [0.2, 0.25) is 0 Å². The van der Waals surface area contributed by atoms with Crippen molar-refractivity contribution in [3.63, 3.8) is 0 Å². The average Bonchev–Trinajstić information content (AvgIpc) is 2.23. The van der Waals surface area contributed by atoms with Crippen LogP contribution in [0.3, 0.4) is 0 Å². The van der Waals surface area contributed by atoms with Gasteiger partial charge in [-0.1, -0.05) is 28.3 Å². The minimum Gasteiger partial charge on any atom is -0.338 e. The molecule has 0 bridgehead atoms. The third-order valence-corrected chi connectivity index (χ3v) is 2.12. The number of hydrogen-bond donors (Lipinski definition) is 2. The molecule has 0 unspecified atom stereocenters. The van der Waals surface area contributed by atoms with Gasteiger partial charge < -0.3 is 10.6 Å². The number of hydrogen-bond acceptors (Lipinski definition) is 2. The van der Waals surface area contributed by atoms with Crippen LogP contribution in [0, 0.1) is 0 Å². The second-order valence-corrected chi connectivity index (χ2v) is 3.87. The van der Waals surface area contributed by atoms with Crippen LogP contribution in [0.4, 0.5) is 10.5 Å². The van der Waals surface area contributed by atoms with E-state index in [1.54, 1.807) is 18.2 Å². The molecule has 0 aliphatic rings. The van der Waals surface area contributed by atoms with Gasteiger partial charge in [0, 0.05) is 33.7 Å². The molecule has 1 aromatic carbocycles. The Morgan fingerprint density at radius 1 is 1.35 bits per heavy atom. The Labute approximate surface area is 108 Å². The first-order valence-electron chi connectivity index (χ1n) is 4.63. The number of carbonyl (C=O) groups is 1. The molecule has 90 valence electrons. The topological polar surface area (TPSA) is 89.9 Å². The van der Waals surface area contributed by atoms with Gasteiger partial charge in [0.25, 0.3) is 0 Å². The average molecular weight is 274 g/mol. The Morgan fingerprint density at radius 2 is 2.00 bits per heavy atom. The molecule has 8 heteroatoms. The van der Waals surface area contributed by atoms with Crippen LogP contribution in [0.1, 0.15) is 0 Å². The van der Waals surface area contributed by atoms with Gasteiger partial charge in [0.1, 0.15) is 0 Å². The number of nitrogens with one attached hydrogen (secondary N) is 2. The van der Waals surface area contributed by atoms with Gasteiger partial charge in [0.05, 0.1) is 0 Å². The van der Waals surface area contributed by atoms with Crippen molar-refractivity contribution in [1.82, 2.24) is 5.32 Å². The Kier molecular flexibility index (Phi) is 5.42. The number of nitrogens with zero attached hydrogens (tertiary/aromatic N) is 3. The molecule has 2 N–H and O–H groups in total. The Balaban J connectivity index is 2.47. The molecule has 2 amide bonds. The van der Waals surface area contributed by atoms with E-state index >= 15 is 0 Å². The van der Waals surface area contributed by atoms with Gasteiger partial charge in [0.15, 0.2) is 0 Å². The Hall–Kier alpha value is -1.62. The minimum atomic E-state index is -0.420. The summed E-state index contributed by atoms with van der Waals surface area (Å²) in [6.07, 6.45) is 0. The number of urea groups is 1. The maximum absolute atomic E-state index is 11.4. The van der Waals surface area contributed by atoms with Crippen LogP contribution in [-0.4, -0.2) is 19.1 Å². The van der Waals surface area contributed by atoms with E-state index in [0.717, 1.165) is 0 Å². The fourth-order valence-corrected chi connectivity index (χ4v) is 1.59. The van der Waals surface area contributed by atoms with Crippen LogP contribution in [0.25, 0.3) is 10.4 Å². The van der Waals surface area contributed by atoms with Gasteiger partial charge in [-0.3, -0.25) is 0 Å². The fraction of sp³-hybridized carbons (Fsp3) is 0.222. The summed E-state index contributed by atoms with van der Waals surface area (Å²) in [5, 5.41) is 9.19. The van der Waals surface area contributed by atoms with Crippen molar-refractivity contribution in [2.75, 3.05) is 18.4 Å². The molecule has 0 radical (unpaired) electrons. The van der Waals surface area contributed by atoms with Crippen LogP contribution >= 0.6 is 23.2 Å².